The van der Waals surface area contributed by atoms with Crippen LogP contribution in [0.2, 0.25) is 0 Å². The number of fused-ring (bicyclic) bond motifs is 1. The molecule has 0 radical (unpaired) electrons. The van der Waals surface area contributed by atoms with Crippen LogP contribution in [0.1, 0.15) is 13.8 Å². The molecule has 0 spiro atoms. The lowest BCUT2D eigenvalue weighted by Gasteiger charge is -2.08. The highest BCUT2D eigenvalue weighted by Gasteiger charge is 2.15. The van der Waals surface area contributed by atoms with Crippen LogP contribution in [-0.4, -0.2) is 23.8 Å². The maximum Gasteiger partial charge on any atom is 0.329 e. The Bertz CT molecular complexity index is 821. The SMILES string of the molecule is CCn1c(=O)n(CC)c2cc(NS(C)(=O)=O)c(Br)cc21. The van der Waals surface area contributed by atoms with Gasteiger partial charge in [-0.15, -0.1) is 0 Å². The van der Waals surface area contributed by atoms with Gasteiger partial charge in [-0.1, -0.05) is 0 Å². The van der Waals surface area contributed by atoms with Gasteiger partial charge in [0, 0.05) is 17.6 Å². The zero-order chi connectivity index (χ0) is 15.1. The molecule has 0 aliphatic rings. The van der Waals surface area contributed by atoms with Crippen molar-refractivity contribution in [2.24, 2.45) is 0 Å². The minimum Gasteiger partial charge on any atom is -0.292 e. The summed E-state index contributed by atoms with van der Waals surface area (Å²) in [6.07, 6.45) is 1.09. The standard InChI is InChI=1S/C12H16BrN3O3S/c1-4-15-10-6-8(13)9(14-20(3,18)19)7-11(10)16(5-2)12(15)17/h6-7,14H,4-5H2,1-3H3. The fraction of sp³-hybridized carbons (Fsp3) is 0.417. The van der Waals surface area contributed by atoms with Crippen LogP contribution in [0.5, 0.6) is 0 Å². The molecule has 0 saturated heterocycles. The molecule has 2 rings (SSSR count). The number of halogens is 1. The van der Waals surface area contributed by atoms with Crippen LogP contribution in [0, 0.1) is 0 Å². The van der Waals surface area contributed by atoms with Crippen LogP contribution in [0.15, 0.2) is 21.4 Å². The molecule has 6 nitrogen and oxygen atoms in total. The quantitative estimate of drug-likeness (QED) is 0.904. The van der Waals surface area contributed by atoms with Gasteiger partial charge in [0.1, 0.15) is 0 Å². The summed E-state index contributed by atoms with van der Waals surface area (Å²) in [6, 6.07) is 3.44. The van der Waals surface area contributed by atoms with Gasteiger partial charge in [-0.05, 0) is 41.9 Å². The van der Waals surface area contributed by atoms with E-state index in [1.807, 2.05) is 13.8 Å². The van der Waals surface area contributed by atoms with E-state index >= 15 is 0 Å². The van der Waals surface area contributed by atoms with Gasteiger partial charge < -0.3 is 0 Å². The average Bonchev–Trinajstić information content (AvgIpc) is 2.58. The summed E-state index contributed by atoms with van der Waals surface area (Å²) >= 11 is 3.34. The molecule has 1 N–H and O–H groups in total. The Morgan fingerprint density at radius 1 is 1.15 bits per heavy atom. The number of benzene rings is 1. The predicted molar refractivity (Wildman–Crippen MR) is 83.7 cm³/mol. The van der Waals surface area contributed by atoms with Crippen molar-refractivity contribution in [1.82, 2.24) is 9.13 Å². The molecular weight excluding hydrogens is 346 g/mol. The normalized spacial score (nSPS) is 12.0. The Morgan fingerprint density at radius 2 is 1.65 bits per heavy atom. The third-order valence-corrected chi connectivity index (χ3v) is 4.28. The summed E-state index contributed by atoms with van der Waals surface area (Å²) in [5.74, 6) is 0. The fourth-order valence-corrected chi connectivity index (χ4v) is 3.35. The molecule has 0 saturated carbocycles. The maximum absolute atomic E-state index is 12.2. The second-order valence-corrected chi connectivity index (χ2v) is 7.07. The molecule has 2 aromatic rings. The number of hydrogen-bond acceptors (Lipinski definition) is 3. The van der Waals surface area contributed by atoms with Crippen molar-refractivity contribution < 1.29 is 8.42 Å². The second-order valence-electron chi connectivity index (χ2n) is 4.47. The lowest BCUT2D eigenvalue weighted by Crippen LogP contribution is -2.23. The zero-order valence-corrected chi connectivity index (χ0v) is 13.9. The van der Waals surface area contributed by atoms with Crippen LogP contribution in [0.4, 0.5) is 5.69 Å². The number of aromatic nitrogens is 2. The third kappa shape index (κ3) is 2.62. The van der Waals surface area contributed by atoms with Crippen molar-refractivity contribution in [3.05, 3.63) is 27.1 Å². The molecule has 20 heavy (non-hydrogen) atoms. The topological polar surface area (TPSA) is 73.1 Å². The minimum absolute atomic E-state index is 0.0894. The predicted octanol–water partition coefficient (Wildman–Crippen LogP) is 1.98. The van der Waals surface area contributed by atoms with Crippen molar-refractivity contribution in [2.75, 3.05) is 11.0 Å². The lowest BCUT2D eigenvalue weighted by atomic mass is 10.2. The molecule has 0 atom stereocenters. The van der Waals surface area contributed by atoms with E-state index in [4.69, 9.17) is 0 Å². The molecular formula is C12H16BrN3O3S. The van der Waals surface area contributed by atoms with Gasteiger partial charge in [-0.25, -0.2) is 13.2 Å². The van der Waals surface area contributed by atoms with Gasteiger partial charge in [0.05, 0.1) is 23.0 Å². The monoisotopic (exact) mass is 361 g/mol. The smallest absolute Gasteiger partial charge is 0.292 e. The van der Waals surface area contributed by atoms with Gasteiger partial charge in [-0.2, -0.15) is 0 Å². The maximum atomic E-state index is 12.2. The fourth-order valence-electron chi connectivity index (χ4n) is 2.22. The Hall–Kier alpha value is -1.28. The van der Waals surface area contributed by atoms with Crippen LogP contribution < -0.4 is 10.4 Å². The molecule has 0 aliphatic heterocycles. The zero-order valence-electron chi connectivity index (χ0n) is 11.5. The first kappa shape index (κ1) is 15.1. The first-order valence-corrected chi connectivity index (χ1v) is 8.87. The number of nitrogens with zero attached hydrogens (tertiary/aromatic N) is 2. The van der Waals surface area contributed by atoms with Crippen molar-refractivity contribution in [1.29, 1.82) is 0 Å². The van der Waals surface area contributed by atoms with E-state index in [2.05, 4.69) is 20.7 Å². The van der Waals surface area contributed by atoms with Crippen molar-refractivity contribution >= 4 is 42.7 Å². The van der Waals surface area contributed by atoms with Crippen LogP contribution in [0.3, 0.4) is 0 Å². The third-order valence-electron chi connectivity index (χ3n) is 3.04. The summed E-state index contributed by atoms with van der Waals surface area (Å²) in [5, 5.41) is 0. The number of rotatable bonds is 4. The molecule has 8 heteroatoms. The summed E-state index contributed by atoms with van der Waals surface area (Å²) in [5.41, 5.74) is 1.84. The van der Waals surface area contributed by atoms with Crippen LogP contribution in [-0.2, 0) is 23.1 Å². The molecule has 0 fully saturated rings. The van der Waals surface area contributed by atoms with E-state index in [-0.39, 0.29) is 5.69 Å². The van der Waals surface area contributed by atoms with Gasteiger partial charge in [0.25, 0.3) is 0 Å². The largest absolute Gasteiger partial charge is 0.329 e. The molecule has 1 aromatic carbocycles. The molecule has 110 valence electrons. The van der Waals surface area contributed by atoms with Gasteiger partial charge in [-0.3, -0.25) is 13.9 Å². The molecule has 1 aromatic heterocycles. The minimum atomic E-state index is -3.37. The van der Waals surface area contributed by atoms with E-state index in [0.717, 1.165) is 11.8 Å². The highest BCUT2D eigenvalue weighted by molar-refractivity contribution is 9.10. The molecule has 0 amide bonds. The van der Waals surface area contributed by atoms with Crippen LogP contribution >= 0.6 is 15.9 Å². The Balaban J connectivity index is 2.79. The Morgan fingerprint density at radius 3 is 2.10 bits per heavy atom. The van der Waals surface area contributed by atoms with Crippen LogP contribution in [0.25, 0.3) is 11.0 Å². The number of hydrogen-bond donors (Lipinski definition) is 1. The number of imidazole rings is 1. The number of aryl methyl sites for hydroxylation is 2. The molecule has 0 bridgehead atoms. The number of anilines is 1. The number of nitrogens with one attached hydrogen (secondary N) is 1. The Kier molecular flexibility index (Phi) is 3.97. The van der Waals surface area contributed by atoms with Crippen molar-refractivity contribution in [3.63, 3.8) is 0 Å². The van der Waals surface area contributed by atoms with E-state index in [1.54, 1.807) is 21.3 Å². The highest BCUT2D eigenvalue weighted by Crippen LogP contribution is 2.29. The van der Waals surface area contributed by atoms with E-state index in [0.29, 0.717) is 28.8 Å². The molecule has 0 aliphatic carbocycles. The summed E-state index contributed by atoms with van der Waals surface area (Å²) in [7, 11) is -3.37. The summed E-state index contributed by atoms with van der Waals surface area (Å²) in [4.78, 5) is 12.2. The first-order valence-electron chi connectivity index (χ1n) is 6.18. The van der Waals surface area contributed by atoms with Gasteiger partial charge in [0.2, 0.25) is 10.0 Å². The van der Waals surface area contributed by atoms with Gasteiger partial charge in [0.15, 0.2) is 0 Å². The van der Waals surface area contributed by atoms with E-state index < -0.39 is 10.0 Å². The van der Waals surface area contributed by atoms with E-state index in [1.165, 1.54) is 0 Å². The molecule has 1 heterocycles. The average molecular weight is 362 g/mol. The number of sulfonamides is 1. The van der Waals surface area contributed by atoms with E-state index in [9.17, 15) is 13.2 Å². The van der Waals surface area contributed by atoms with Crippen molar-refractivity contribution in [3.8, 4) is 0 Å². The summed E-state index contributed by atoms with van der Waals surface area (Å²) in [6.45, 7) is 4.87. The lowest BCUT2D eigenvalue weighted by molar-refractivity contribution is 0.607. The Labute approximate surface area is 125 Å². The summed E-state index contributed by atoms with van der Waals surface area (Å²) < 4.78 is 29.1. The second kappa shape index (κ2) is 5.25. The highest BCUT2D eigenvalue weighted by atomic mass is 79.9. The van der Waals surface area contributed by atoms with Crippen molar-refractivity contribution in [2.45, 2.75) is 26.9 Å². The molecule has 0 unspecified atom stereocenters. The first-order chi connectivity index (χ1) is 9.28. The van der Waals surface area contributed by atoms with Gasteiger partial charge >= 0.3 is 5.69 Å².